The fourth-order valence-corrected chi connectivity index (χ4v) is 3.28. The van der Waals surface area contributed by atoms with Crippen molar-refractivity contribution in [3.63, 3.8) is 0 Å². The van der Waals surface area contributed by atoms with Crippen molar-refractivity contribution in [1.82, 2.24) is 50.3 Å². The monoisotopic (exact) mass is 374 g/mol. The largest absolute Gasteiger partial charge is 0.261 e. The van der Waals surface area contributed by atoms with Gasteiger partial charge in [0.05, 0.1) is 22.1 Å². The minimum atomic E-state index is 0.498. The van der Waals surface area contributed by atoms with E-state index >= 15 is 0 Å². The lowest BCUT2D eigenvalue weighted by Gasteiger charge is -1.91. The maximum Gasteiger partial charge on any atom is 0.201 e. The Balaban J connectivity index is 1.42. The van der Waals surface area contributed by atoms with Gasteiger partial charge in [-0.05, 0) is 12.1 Å². The van der Waals surface area contributed by atoms with E-state index in [4.69, 9.17) is 0 Å². The lowest BCUT2D eigenvalue weighted by atomic mass is 10.4. The van der Waals surface area contributed by atoms with Crippen LogP contribution in [0.5, 0.6) is 0 Å². The lowest BCUT2D eigenvalue weighted by Crippen LogP contribution is -1.85. The standard InChI is InChI=1S/C16H10N10S/c1-2-12(16-22-14(24-26-16)10-8-18-4-6-20-10)27-11(1)15-21-13(23-25-15)9-7-17-3-5-19-9/h1-8H,(H,21,23,25)(H,22,24,26). The second kappa shape index (κ2) is 6.46. The molecule has 0 unspecified atom stereocenters. The molecule has 0 atom stereocenters. The summed E-state index contributed by atoms with van der Waals surface area (Å²) in [6, 6.07) is 3.90. The van der Waals surface area contributed by atoms with Crippen molar-refractivity contribution >= 4 is 11.3 Å². The molecular weight excluding hydrogens is 364 g/mol. The number of nitrogens with one attached hydrogen (secondary N) is 2. The zero-order chi connectivity index (χ0) is 18.1. The smallest absolute Gasteiger partial charge is 0.201 e. The van der Waals surface area contributed by atoms with Crippen molar-refractivity contribution in [2.45, 2.75) is 0 Å². The zero-order valence-electron chi connectivity index (χ0n) is 13.6. The van der Waals surface area contributed by atoms with Crippen LogP contribution in [0, 0.1) is 0 Å². The van der Waals surface area contributed by atoms with E-state index in [0.717, 1.165) is 9.75 Å². The first-order chi connectivity index (χ1) is 13.4. The second-order valence-corrected chi connectivity index (χ2v) is 6.44. The fourth-order valence-electron chi connectivity index (χ4n) is 2.39. The van der Waals surface area contributed by atoms with Crippen LogP contribution in [-0.4, -0.2) is 50.3 Å². The molecule has 5 heterocycles. The van der Waals surface area contributed by atoms with Crippen LogP contribution in [0.15, 0.2) is 49.3 Å². The lowest BCUT2D eigenvalue weighted by molar-refractivity contribution is 1.08. The van der Waals surface area contributed by atoms with Gasteiger partial charge < -0.3 is 0 Å². The molecule has 0 fully saturated rings. The van der Waals surface area contributed by atoms with Crippen molar-refractivity contribution in [3.8, 4) is 44.4 Å². The van der Waals surface area contributed by atoms with Crippen molar-refractivity contribution in [3.05, 3.63) is 49.3 Å². The molecule has 0 amide bonds. The molecule has 0 aliphatic rings. The molecule has 130 valence electrons. The first-order valence-electron chi connectivity index (χ1n) is 7.85. The fraction of sp³-hybridized carbons (Fsp3) is 0. The summed E-state index contributed by atoms with van der Waals surface area (Å²) in [4.78, 5) is 27.3. The summed E-state index contributed by atoms with van der Waals surface area (Å²) in [5.74, 6) is 2.30. The number of aromatic amines is 2. The Labute approximate surface area is 155 Å². The van der Waals surface area contributed by atoms with E-state index in [1.807, 2.05) is 12.1 Å². The maximum atomic E-state index is 4.49. The molecule has 0 saturated heterocycles. The Morgan fingerprint density at radius 3 is 1.63 bits per heavy atom. The third-order valence-corrected chi connectivity index (χ3v) is 4.73. The molecular formula is C16H10N10S. The maximum absolute atomic E-state index is 4.49. The third kappa shape index (κ3) is 2.95. The minimum Gasteiger partial charge on any atom is -0.261 e. The first-order valence-corrected chi connectivity index (χ1v) is 8.66. The number of H-pyrrole nitrogens is 2. The molecule has 0 aliphatic heterocycles. The van der Waals surface area contributed by atoms with Crippen LogP contribution in [0.2, 0.25) is 0 Å². The van der Waals surface area contributed by atoms with Crippen LogP contribution in [0.1, 0.15) is 0 Å². The van der Waals surface area contributed by atoms with Crippen LogP contribution in [-0.2, 0) is 0 Å². The molecule has 5 aromatic heterocycles. The summed E-state index contributed by atoms with van der Waals surface area (Å²) in [6.07, 6.45) is 9.66. The molecule has 0 aromatic carbocycles. The van der Waals surface area contributed by atoms with Crippen LogP contribution in [0.3, 0.4) is 0 Å². The van der Waals surface area contributed by atoms with E-state index in [1.165, 1.54) is 11.3 Å². The summed E-state index contributed by atoms with van der Waals surface area (Å²) in [7, 11) is 0. The molecule has 2 N–H and O–H groups in total. The van der Waals surface area contributed by atoms with Crippen molar-refractivity contribution in [2.24, 2.45) is 0 Å². The van der Waals surface area contributed by atoms with Gasteiger partial charge in [0.15, 0.2) is 11.6 Å². The molecule has 11 heteroatoms. The van der Waals surface area contributed by atoms with Gasteiger partial charge >= 0.3 is 0 Å². The average molecular weight is 374 g/mol. The van der Waals surface area contributed by atoms with Crippen molar-refractivity contribution < 1.29 is 0 Å². The summed E-state index contributed by atoms with van der Waals surface area (Å²) >= 11 is 1.52. The second-order valence-electron chi connectivity index (χ2n) is 5.36. The van der Waals surface area contributed by atoms with E-state index < -0.39 is 0 Å². The van der Waals surface area contributed by atoms with Crippen LogP contribution in [0.4, 0.5) is 0 Å². The number of hydrogen-bond donors (Lipinski definition) is 2. The number of nitrogens with zero attached hydrogens (tertiary/aromatic N) is 8. The van der Waals surface area contributed by atoms with E-state index in [2.05, 4.69) is 50.3 Å². The predicted molar refractivity (Wildman–Crippen MR) is 97.1 cm³/mol. The van der Waals surface area contributed by atoms with Gasteiger partial charge in [0.25, 0.3) is 0 Å². The SMILES string of the molecule is c1cnc(-c2n[nH]c(-c3ccc(-c4nc(-c5cnccn5)n[nH]4)s3)n2)cn1. The normalized spacial score (nSPS) is 11.0. The number of aromatic nitrogens is 10. The number of hydrogen-bond acceptors (Lipinski definition) is 9. The molecule has 27 heavy (non-hydrogen) atoms. The quantitative estimate of drug-likeness (QED) is 0.489. The van der Waals surface area contributed by atoms with Gasteiger partial charge in [-0.3, -0.25) is 20.2 Å². The van der Waals surface area contributed by atoms with Gasteiger partial charge in [0.1, 0.15) is 11.4 Å². The summed E-state index contributed by atoms with van der Waals surface area (Å²) in [5, 5.41) is 14.3. The highest BCUT2D eigenvalue weighted by molar-refractivity contribution is 7.18. The molecule has 0 bridgehead atoms. The van der Waals surface area contributed by atoms with Crippen LogP contribution in [0.25, 0.3) is 44.4 Å². The molecule has 0 radical (unpaired) electrons. The van der Waals surface area contributed by atoms with Crippen LogP contribution >= 0.6 is 11.3 Å². The molecule has 0 spiro atoms. The predicted octanol–water partition coefficient (Wildman–Crippen LogP) is 2.23. The highest BCUT2D eigenvalue weighted by Crippen LogP contribution is 2.32. The van der Waals surface area contributed by atoms with Gasteiger partial charge in [-0.1, -0.05) is 0 Å². The molecule has 5 rings (SSSR count). The van der Waals surface area contributed by atoms with Gasteiger partial charge in [-0.25, -0.2) is 19.9 Å². The van der Waals surface area contributed by atoms with Crippen LogP contribution < -0.4 is 0 Å². The molecule has 0 aliphatic carbocycles. The Kier molecular flexibility index (Phi) is 3.68. The van der Waals surface area contributed by atoms with Gasteiger partial charge in [0.2, 0.25) is 11.6 Å². The minimum absolute atomic E-state index is 0.498. The van der Waals surface area contributed by atoms with Gasteiger partial charge in [-0.15, -0.1) is 11.3 Å². The summed E-state index contributed by atoms with van der Waals surface area (Å²) in [6.45, 7) is 0. The molecule has 0 saturated carbocycles. The Bertz CT molecular complexity index is 1090. The van der Waals surface area contributed by atoms with E-state index in [-0.39, 0.29) is 0 Å². The highest BCUT2D eigenvalue weighted by Gasteiger charge is 2.14. The number of rotatable bonds is 4. The van der Waals surface area contributed by atoms with Crippen molar-refractivity contribution in [2.75, 3.05) is 0 Å². The molecule has 10 nitrogen and oxygen atoms in total. The topological polar surface area (TPSA) is 135 Å². The molecule has 5 aromatic rings. The third-order valence-electron chi connectivity index (χ3n) is 3.63. The van der Waals surface area contributed by atoms with E-state index in [0.29, 0.717) is 34.7 Å². The van der Waals surface area contributed by atoms with E-state index in [1.54, 1.807) is 37.2 Å². The van der Waals surface area contributed by atoms with Crippen molar-refractivity contribution in [1.29, 1.82) is 0 Å². The average Bonchev–Trinajstić information content (AvgIpc) is 3.49. The Morgan fingerprint density at radius 2 is 1.19 bits per heavy atom. The summed E-state index contributed by atoms with van der Waals surface area (Å²) < 4.78 is 0. The van der Waals surface area contributed by atoms with E-state index in [9.17, 15) is 0 Å². The highest BCUT2D eigenvalue weighted by atomic mass is 32.1. The van der Waals surface area contributed by atoms with Gasteiger partial charge in [0, 0.05) is 24.8 Å². The first kappa shape index (κ1) is 15.4. The number of thiophene rings is 1. The zero-order valence-corrected chi connectivity index (χ0v) is 14.4. The van der Waals surface area contributed by atoms with Gasteiger partial charge in [-0.2, -0.15) is 10.2 Å². The Hall–Kier alpha value is -3.86. The Morgan fingerprint density at radius 1 is 0.667 bits per heavy atom. The summed E-state index contributed by atoms with van der Waals surface area (Å²) in [5.41, 5.74) is 1.22.